The summed E-state index contributed by atoms with van der Waals surface area (Å²) in [4.78, 5) is 34.6. The topological polar surface area (TPSA) is 137 Å². The molecule has 2 heterocycles. The van der Waals surface area contributed by atoms with Gasteiger partial charge in [0.05, 0.1) is 28.9 Å². The van der Waals surface area contributed by atoms with Crippen molar-refractivity contribution in [2.75, 3.05) is 13.2 Å². The Labute approximate surface area is 262 Å². The van der Waals surface area contributed by atoms with Crippen LogP contribution in [0.5, 0.6) is 11.5 Å². The fraction of sp³-hybridized carbons (Fsp3) is 0.290. The third kappa shape index (κ3) is 6.43. The van der Waals surface area contributed by atoms with Crippen LogP contribution in [0.1, 0.15) is 51.7 Å². The Morgan fingerprint density at radius 1 is 1.20 bits per heavy atom. The van der Waals surface area contributed by atoms with Crippen LogP contribution in [0.15, 0.2) is 47.1 Å². The van der Waals surface area contributed by atoms with Crippen molar-refractivity contribution < 1.29 is 41.7 Å². The molecule has 2 aromatic heterocycles. The number of nitrogens with zero attached hydrogens (tertiary/aromatic N) is 2. The number of amides is 2. The third-order valence-corrected chi connectivity index (χ3v) is 8.12. The van der Waals surface area contributed by atoms with E-state index in [2.05, 4.69) is 36.0 Å². The number of aryl methyl sites for hydroxylation is 1. The van der Waals surface area contributed by atoms with Crippen molar-refractivity contribution in [2.24, 2.45) is 11.7 Å². The van der Waals surface area contributed by atoms with Gasteiger partial charge in [-0.25, -0.2) is 13.8 Å². The number of carbonyl (C=O) groups is 2. The van der Waals surface area contributed by atoms with Gasteiger partial charge in [-0.3, -0.25) is 14.6 Å². The number of rotatable bonds is 11. The summed E-state index contributed by atoms with van der Waals surface area (Å²) >= 11 is 2.87. The molecule has 0 spiro atoms. The predicted octanol–water partition coefficient (Wildman–Crippen LogP) is 5.77. The number of alkyl halides is 2. The largest absolute Gasteiger partial charge is 0.491 e. The second-order valence-electron chi connectivity index (χ2n) is 10.6. The molecule has 1 saturated carbocycles. The number of hydrogen-bond donors (Lipinski definition) is 3. The van der Waals surface area contributed by atoms with Gasteiger partial charge in [-0.15, -0.1) is 0 Å². The lowest BCUT2D eigenvalue weighted by Crippen LogP contribution is -2.43. The molecule has 0 radical (unpaired) electrons. The molecule has 1 aliphatic rings. The molecule has 1 fully saturated rings. The molecular weight excluding hydrogens is 664 g/mol. The summed E-state index contributed by atoms with van der Waals surface area (Å²) in [6.07, 6.45) is 2.55. The smallest absolute Gasteiger partial charge is 0.387 e. The van der Waals surface area contributed by atoms with Crippen LogP contribution in [0.4, 0.5) is 17.6 Å². The maximum absolute atomic E-state index is 15.3. The zero-order valence-electron chi connectivity index (χ0n) is 24.0. The second kappa shape index (κ2) is 12.6. The molecule has 45 heavy (non-hydrogen) atoms. The molecule has 9 nitrogen and oxygen atoms in total. The van der Waals surface area contributed by atoms with E-state index >= 15 is 4.39 Å². The number of ether oxygens (including phenoxy) is 2. The maximum atomic E-state index is 15.3. The summed E-state index contributed by atoms with van der Waals surface area (Å²) in [5.41, 5.74) is 3.82. The number of aliphatic hydroxyl groups is 1. The average molecular weight is 691 g/mol. The number of primary amides is 1. The highest BCUT2D eigenvalue weighted by Crippen LogP contribution is 2.47. The molecule has 1 atom stereocenters. The van der Waals surface area contributed by atoms with Gasteiger partial charge in [0.2, 0.25) is 0 Å². The van der Waals surface area contributed by atoms with Crippen LogP contribution in [-0.4, -0.2) is 46.7 Å². The Hall–Kier alpha value is -4.30. The first-order chi connectivity index (χ1) is 21.3. The summed E-state index contributed by atoms with van der Waals surface area (Å²) in [7, 11) is 0. The van der Waals surface area contributed by atoms with Crippen molar-refractivity contribution in [1.29, 1.82) is 0 Å². The van der Waals surface area contributed by atoms with E-state index < -0.39 is 52.6 Å². The number of benzene rings is 2. The number of hydrogen-bond acceptors (Lipinski definition) is 7. The van der Waals surface area contributed by atoms with E-state index in [0.717, 1.165) is 23.8 Å². The molecule has 0 aliphatic heterocycles. The number of aromatic nitrogens is 2. The number of nitrogens with one attached hydrogen (secondary N) is 1. The summed E-state index contributed by atoms with van der Waals surface area (Å²) < 4.78 is 65.5. The first-order valence-corrected chi connectivity index (χ1v) is 14.6. The lowest BCUT2D eigenvalue weighted by atomic mass is 9.90. The van der Waals surface area contributed by atoms with Crippen LogP contribution in [0, 0.1) is 24.5 Å². The van der Waals surface area contributed by atoms with Crippen LogP contribution in [0.2, 0.25) is 0 Å². The molecule has 14 heteroatoms. The fourth-order valence-electron chi connectivity index (χ4n) is 5.09. The molecule has 2 amide bonds. The molecule has 0 saturated heterocycles. The number of carbonyl (C=O) groups excluding carboxylic acids is 2. The van der Waals surface area contributed by atoms with Gasteiger partial charge in [0.15, 0.2) is 11.5 Å². The Balaban J connectivity index is 1.56. The van der Waals surface area contributed by atoms with E-state index in [4.69, 9.17) is 10.5 Å². The van der Waals surface area contributed by atoms with E-state index in [1.807, 2.05) is 0 Å². The summed E-state index contributed by atoms with van der Waals surface area (Å²) in [6.45, 7) is -0.186. The lowest BCUT2D eigenvalue weighted by Gasteiger charge is -2.29. The number of nitrogens with two attached hydrogens (primary N) is 1. The van der Waals surface area contributed by atoms with Crippen molar-refractivity contribution in [2.45, 2.75) is 38.9 Å². The molecule has 2 aromatic carbocycles. The molecule has 4 N–H and O–H groups in total. The highest BCUT2D eigenvalue weighted by atomic mass is 79.9. The maximum Gasteiger partial charge on any atom is 0.387 e. The Morgan fingerprint density at radius 2 is 1.93 bits per heavy atom. The molecule has 4 aromatic rings. The lowest BCUT2D eigenvalue weighted by molar-refractivity contribution is -0.0489. The van der Waals surface area contributed by atoms with Crippen molar-refractivity contribution >= 4 is 38.6 Å². The summed E-state index contributed by atoms with van der Waals surface area (Å²) in [5, 5.41) is 15.0. The van der Waals surface area contributed by atoms with Gasteiger partial charge in [0.1, 0.15) is 28.4 Å². The van der Waals surface area contributed by atoms with E-state index in [1.165, 1.54) is 18.3 Å². The minimum absolute atomic E-state index is 0.0410. The third-order valence-electron chi connectivity index (χ3n) is 7.40. The number of fused-ring (bicyclic) bond motifs is 1. The van der Waals surface area contributed by atoms with E-state index in [9.17, 15) is 27.9 Å². The fourth-order valence-corrected chi connectivity index (χ4v) is 5.43. The van der Waals surface area contributed by atoms with Gasteiger partial charge in [-0.05, 0) is 90.5 Å². The molecule has 5 rings (SSSR count). The monoisotopic (exact) mass is 690 g/mol. The summed E-state index contributed by atoms with van der Waals surface area (Å²) in [6, 6.07) is 7.56. The highest BCUT2D eigenvalue weighted by molar-refractivity contribution is 9.10. The summed E-state index contributed by atoms with van der Waals surface area (Å²) in [5.74, 6) is -4.49. The van der Waals surface area contributed by atoms with Crippen molar-refractivity contribution in [3.63, 3.8) is 0 Å². The quantitative estimate of drug-likeness (QED) is 0.134. The number of pyridine rings is 2. The normalized spacial score (nSPS) is 14.3. The van der Waals surface area contributed by atoms with Gasteiger partial charge in [-0.1, -0.05) is 0 Å². The van der Waals surface area contributed by atoms with Crippen LogP contribution in [-0.2, 0) is 5.60 Å². The van der Waals surface area contributed by atoms with Crippen LogP contribution < -0.4 is 20.5 Å². The van der Waals surface area contributed by atoms with Crippen LogP contribution in [0.3, 0.4) is 0 Å². The first kappa shape index (κ1) is 32.1. The molecule has 0 bridgehead atoms. The zero-order valence-corrected chi connectivity index (χ0v) is 25.6. The highest BCUT2D eigenvalue weighted by Gasteiger charge is 2.47. The predicted molar refractivity (Wildman–Crippen MR) is 159 cm³/mol. The van der Waals surface area contributed by atoms with Crippen LogP contribution in [0.25, 0.3) is 22.2 Å². The van der Waals surface area contributed by atoms with Crippen molar-refractivity contribution in [1.82, 2.24) is 15.3 Å². The SMILES string of the molecule is CCOc1c(C(N)=O)cc([C@@](O)(CNC(=O)c2cc(OC(F)F)c3ncc(C)cc3c2)C2CC2)nc1-c1ccc(F)c(Br)c1F. The molecule has 236 valence electrons. The zero-order chi connectivity index (χ0) is 32.6. The van der Waals surface area contributed by atoms with Gasteiger partial charge in [-0.2, -0.15) is 8.78 Å². The average Bonchev–Trinajstić information content (AvgIpc) is 3.84. The Kier molecular flexibility index (Phi) is 8.99. The minimum Gasteiger partial charge on any atom is -0.491 e. The van der Waals surface area contributed by atoms with Crippen molar-refractivity contribution in [3.8, 4) is 22.8 Å². The van der Waals surface area contributed by atoms with Gasteiger partial charge < -0.3 is 25.6 Å². The van der Waals surface area contributed by atoms with Crippen LogP contribution >= 0.6 is 15.9 Å². The van der Waals surface area contributed by atoms with Gasteiger partial charge in [0, 0.05) is 22.7 Å². The molecule has 0 unspecified atom stereocenters. The van der Waals surface area contributed by atoms with E-state index in [-0.39, 0.29) is 51.7 Å². The molecular formula is C31H27BrF4N4O5. The van der Waals surface area contributed by atoms with E-state index in [1.54, 1.807) is 19.9 Å². The first-order valence-electron chi connectivity index (χ1n) is 13.8. The minimum atomic E-state index is -3.17. The Morgan fingerprint density at radius 3 is 2.58 bits per heavy atom. The van der Waals surface area contributed by atoms with Crippen molar-refractivity contribution in [3.05, 3.63) is 81.1 Å². The van der Waals surface area contributed by atoms with Gasteiger partial charge >= 0.3 is 6.61 Å². The second-order valence-corrected chi connectivity index (χ2v) is 11.4. The standard InChI is InChI=1S/C31H27BrF4N4O5/c1-3-44-27-19(28(37)41)11-22(40-26(27)18-6-7-20(33)23(32)24(18)34)31(43,17-4-5-17)13-39-29(42)16-9-15-8-14(2)12-38-25(15)21(10-16)45-30(35)36/h6-12,17,30,43H,3-5,13H2,1-2H3,(H2,37,41)(H,39,42)/t31-/m1/s1. The molecule has 1 aliphatic carbocycles. The number of halogens is 5. The Bertz CT molecular complexity index is 1820. The van der Waals surface area contributed by atoms with E-state index in [0.29, 0.717) is 18.2 Å². The van der Waals surface area contributed by atoms with Gasteiger partial charge in [0.25, 0.3) is 11.8 Å².